The fraction of sp³-hybridized carbons (Fsp3) is 0.485. The molecule has 3 unspecified atom stereocenters. The second-order valence-corrected chi connectivity index (χ2v) is 12.1. The van der Waals surface area contributed by atoms with E-state index in [0.29, 0.717) is 19.8 Å². The van der Waals surface area contributed by atoms with Crippen molar-refractivity contribution in [3.63, 3.8) is 0 Å². The van der Waals surface area contributed by atoms with Gasteiger partial charge in [-0.3, -0.25) is 4.99 Å². The Labute approximate surface area is 268 Å². The van der Waals surface area contributed by atoms with Crippen molar-refractivity contribution in [3.05, 3.63) is 77.7 Å². The van der Waals surface area contributed by atoms with E-state index in [1.165, 1.54) is 5.69 Å². The standard InChI is InChI=1S/C33H41N9O4/c1-3-25(2)42-32(43)40(24-37-42)28-8-6-26(7-9-28)38-17-19-39(20-18-38)27-10-12-29(13-11-27)44-21-30-22-45-33(46-30,31-5-4-14-34-31)23-41-35-15-16-36-41/h6-13,15-16,24-25,30H,3-5,14,17-23H2,1-2H3. The third-order valence-corrected chi connectivity index (χ3v) is 9.10. The monoisotopic (exact) mass is 627 g/mol. The highest BCUT2D eigenvalue weighted by atomic mass is 16.8. The van der Waals surface area contributed by atoms with E-state index < -0.39 is 5.79 Å². The van der Waals surface area contributed by atoms with Crippen LogP contribution in [-0.4, -0.2) is 92.9 Å². The van der Waals surface area contributed by atoms with Crippen LogP contribution in [-0.2, 0) is 16.0 Å². The van der Waals surface area contributed by atoms with E-state index >= 15 is 0 Å². The molecule has 13 heteroatoms. The van der Waals surface area contributed by atoms with Crippen LogP contribution >= 0.6 is 0 Å². The lowest BCUT2D eigenvalue weighted by Crippen LogP contribution is -2.46. The van der Waals surface area contributed by atoms with Gasteiger partial charge in [-0.2, -0.15) is 20.1 Å². The third kappa shape index (κ3) is 6.16. The van der Waals surface area contributed by atoms with Gasteiger partial charge in [0.15, 0.2) is 0 Å². The van der Waals surface area contributed by atoms with Crippen molar-refractivity contribution in [3.8, 4) is 11.4 Å². The summed E-state index contributed by atoms with van der Waals surface area (Å²) in [7, 11) is 0. The highest BCUT2D eigenvalue weighted by molar-refractivity contribution is 5.92. The molecule has 5 heterocycles. The number of benzene rings is 2. The van der Waals surface area contributed by atoms with E-state index in [1.807, 2.05) is 31.2 Å². The first kappa shape index (κ1) is 30.2. The van der Waals surface area contributed by atoms with Gasteiger partial charge >= 0.3 is 5.69 Å². The van der Waals surface area contributed by atoms with Crippen molar-refractivity contribution < 1.29 is 14.2 Å². The average molecular weight is 628 g/mol. The van der Waals surface area contributed by atoms with E-state index in [2.05, 4.69) is 61.3 Å². The number of hydrogen-bond acceptors (Lipinski definition) is 10. The summed E-state index contributed by atoms with van der Waals surface area (Å²) in [5.74, 6) is -0.140. The normalized spacial score (nSPS) is 22.3. The first-order chi connectivity index (χ1) is 22.5. The van der Waals surface area contributed by atoms with Gasteiger partial charge in [0, 0.05) is 44.1 Å². The molecule has 0 bridgehead atoms. The fourth-order valence-electron chi connectivity index (χ4n) is 6.29. The molecule has 0 saturated carbocycles. The molecule has 2 saturated heterocycles. The average Bonchev–Trinajstić information content (AvgIpc) is 3.93. The molecular weight excluding hydrogens is 586 g/mol. The van der Waals surface area contributed by atoms with Crippen molar-refractivity contribution in [2.45, 2.75) is 57.6 Å². The molecule has 13 nitrogen and oxygen atoms in total. The van der Waals surface area contributed by atoms with Crippen LogP contribution in [0.4, 0.5) is 11.4 Å². The maximum atomic E-state index is 12.8. The Morgan fingerprint density at radius 1 is 0.935 bits per heavy atom. The van der Waals surface area contributed by atoms with Crippen LogP contribution in [0.1, 0.15) is 39.2 Å². The Kier molecular flexibility index (Phi) is 8.59. The highest BCUT2D eigenvalue weighted by Gasteiger charge is 2.47. The Balaban J connectivity index is 0.905. The molecule has 0 amide bonds. The van der Waals surface area contributed by atoms with Gasteiger partial charge in [0.25, 0.3) is 0 Å². The number of hydrogen-bond donors (Lipinski definition) is 0. The molecule has 242 valence electrons. The van der Waals surface area contributed by atoms with Gasteiger partial charge in [-0.05, 0) is 74.7 Å². The van der Waals surface area contributed by atoms with Crippen molar-refractivity contribution >= 4 is 17.1 Å². The minimum Gasteiger partial charge on any atom is -0.491 e. The predicted molar refractivity (Wildman–Crippen MR) is 174 cm³/mol. The summed E-state index contributed by atoms with van der Waals surface area (Å²) in [5.41, 5.74) is 3.97. The molecular formula is C33H41N9O4. The summed E-state index contributed by atoms with van der Waals surface area (Å²) < 4.78 is 21.9. The Morgan fingerprint density at radius 2 is 1.59 bits per heavy atom. The third-order valence-electron chi connectivity index (χ3n) is 9.10. The summed E-state index contributed by atoms with van der Waals surface area (Å²) in [5, 5.41) is 12.8. The summed E-state index contributed by atoms with van der Waals surface area (Å²) in [6.45, 7) is 9.66. The lowest BCUT2D eigenvalue weighted by atomic mass is 10.1. The van der Waals surface area contributed by atoms with E-state index in [1.54, 1.807) is 32.8 Å². The predicted octanol–water partition coefficient (Wildman–Crippen LogP) is 3.35. The first-order valence-corrected chi connectivity index (χ1v) is 16.2. The molecule has 2 aromatic heterocycles. The van der Waals surface area contributed by atoms with Gasteiger partial charge in [-0.15, -0.1) is 0 Å². The Morgan fingerprint density at radius 3 is 2.22 bits per heavy atom. The van der Waals surface area contributed by atoms with Gasteiger partial charge in [-0.1, -0.05) is 6.92 Å². The van der Waals surface area contributed by atoms with Crippen LogP contribution in [0.5, 0.6) is 5.75 Å². The number of piperazine rings is 1. The molecule has 2 fully saturated rings. The van der Waals surface area contributed by atoms with Crippen LogP contribution in [0.3, 0.4) is 0 Å². The number of nitrogens with zero attached hydrogens (tertiary/aromatic N) is 9. The zero-order chi connectivity index (χ0) is 31.5. The van der Waals surface area contributed by atoms with Crippen LogP contribution in [0.25, 0.3) is 5.69 Å². The summed E-state index contributed by atoms with van der Waals surface area (Å²) in [6.07, 6.45) is 7.40. The number of aliphatic imine (C=N–C) groups is 1. The highest BCUT2D eigenvalue weighted by Crippen LogP contribution is 2.32. The molecule has 0 N–H and O–H groups in total. The summed E-state index contributed by atoms with van der Waals surface area (Å²) in [6, 6.07) is 16.5. The van der Waals surface area contributed by atoms with E-state index in [9.17, 15) is 4.79 Å². The smallest absolute Gasteiger partial charge is 0.350 e. The number of aromatic nitrogens is 6. The second-order valence-electron chi connectivity index (χ2n) is 12.1. The van der Waals surface area contributed by atoms with Crippen LogP contribution in [0, 0.1) is 0 Å². The lowest BCUT2D eigenvalue weighted by Gasteiger charge is -2.37. The SMILES string of the molecule is CCC(C)n1ncn(-c2ccc(N3CCN(c4ccc(OCC5COC(Cn6nccn6)(C6=NCCC6)O5)cc4)CC3)cc2)c1=O. The van der Waals surface area contributed by atoms with E-state index in [-0.39, 0.29) is 17.8 Å². The van der Waals surface area contributed by atoms with Crippen LogP contribution < -0.4 is 20.2 Å². The topological polar surface area (TPSA) is 117 Å². The van der Waals surface area contributed by atoms with Crippen molar-refractivity contribution in [2.75, 3.05) is 55.7 Å². The second kappa shape index (κ2) is 13.1. The quantitative estimate of drug-likeness (QED) is 0.247. The largest absolute Gasteiger partial charge is 0.491 e. The maximum Gasteiger partial charge on any atom is 0.350 e. The Hall–Kier alpha value is -4.49. The van der Waals surface area contributed by atoms with Crippen molar-refractivity contribution in [1.82, 2.24) is 29.3 Å². The maximum absolute atomic E-state index is 12.8. The summed E-state index contributed by atoms with van der Waals surface area (Å²) in [4.78, 5) is 23.8. The molecule has 4 aromatic rings. The molecule has 2 aromatic carbocycles. The fourth-order valence-corrected chi connectivity index (χ4v) is 6.29. The molecule has 0 aliphatic carbocycles. The minimum atomic E-state index is -0.936. The van der Waals surface area contributed by atoms with Crippen molar-refractivity contribution in [2.24, 2.45) is 4.99 Å². The zero-order valence-electron chi connectivity index (χ0n) is 26.4. The number of rotatable bonds is 11. The molecule has 46 heavy (non-hydrogen) atoms. The first-order valence-electron chi connectivity index (χ1n) is 16.2. The molecule has 3 atom stereocenters. The number of anilines is 2. The molecule has 7 rings (SSSR count). The minimum absolute atomic E-state index is 0.0740. The van der Waals surface area contributed by atoms with E-state index in [0.717, 1.165) is 74.8 Å². The Bertz CT molecular complexity index is 1680. The molecule has 0 radical (unpaired) electrons. The van der Waals surface area contributed by atoms with Gasteiger partial charge in [0.2, 0.25) is 5.79 Å². The van der Waals surface area contributed by atoms with Gasteiger partial charge < -0.3 is 24.0 Å². The van der Waals surface area contributed by atoms with E-state index in [4.69, 9.17) is 14.2 Å². The summed E-state index contributed by atoms with van der Waals surface area (Å²) >= 11 is 0. The molecule has 0 spiro atoms. The van der Waals surface area contributed by atoms with Gasteiger partial charge in [-0.25, -0.2) is 14.0 Å². The molecule has 3 aliphatic heterocycles. The van der Waals surface area contributed by atoms with Crippen LogP contribution in [0.2, 0.25) is 0 Å². The van der Waals surface area contributed by atoms with Crippen molar-refractivity contribution in [1.29, 1.82) is 0 Å². The number of ether oxygens (including phenoxy) is 3. The zero-order valence-corrected chi connectivity index (χ0v) is 26.4. The lowest BCUT2D eigenvalue weighted by molar-refractivity contribution is -0.129. The van der Waals surface area contributed by atoms with Gasteiger partial charge in [0.05, 0.1) is 36.4 Å². The van der Waals surface area contributed by atoms with Crippen LogP contribution in [0.15, 0.2) is 77.0 Å². The molecule has 3 aliphatic rings. The van der Waals surface area contributed by atoms with Gasteiger partial charge in [0.1, 0.15) is 31.3 Å².